The van der Waals surface area contributed by atoms with Crippen LogP contribution in [0.2, 0.25) is 5.02 Å². The molecule has 0 bridgehead atoms. The standard InChI is InChI=1S/C26H30BrClN2O4S2/c1-3-12-29-36(32,33)26-11-10-24(35-26)20-7-5-6-19(14-20)17-30(25(31)16-27)18-21-15-22(28)8-9-23(21)34-13-4-2/h5-11,14-15,29H,3-4,12-13,16-18H2,1-2H3. The van der Waals surface area contributed by atoms with Gasteiger partial charge >= 0.3 is 0 Å². The van der Waals surface area contributed by atoms with Crippen LogP contribution in [-0.2, 0) is 27.9 Å². The molecule has 0 fully saturated rings. The van der Waals surface area contributed by atoms with Crippen LogP contribution in [0.25, 0.3) is 10.4 Å². The maximum Gasteiger partial charge on any atom is 0.250 e. The third kappa shape index (κ3) is 7.79. The van der Waals surface area contributed by atoms with Crippen molar-refractivity contribution < 1.29 is 17.9 Å². The number of thiophene rings is 1. The number of carbonyl (C=O) groups excluding carboxylic acids is 1. The van der Waals surface area contributed by atoms with E-state index < -0.39 is 10.0 Å². The summed E-state index contributed by atoms with van der Waals surface area (Å²) in [6.45, 7) is 5.67. The molecule has 0 aliphatic heterocycles. The van der Waals surface area contributed by atoms with Gasteiger partial charge in [-0.1, -0.05) is 59.6 Å². The Morgan fingerprint density at radius 2 is 1.89 bits per heavy atom. The van der Waals surface area contributed by atoms with Gasteiger partial charge in [-0.05, 0) is 60.4 Å². The van der Waals surface area contributed by atoms with Crippen LogP contribution in [0.15, 0.2) is 58.8 Å². The van der Waals surface area contributed by atoms with Crippen LogP contribution in [0.5, 0.6) is 5.75 Å². The zero-order valence-electron chi connectivity index (χ0n) is 20.3. The molecular weight excluding hydrogens is 584 g/mol. The highest BCUT2D eigenvalue weighted by atomic mass is 79.9. The first kappa shape index (κ1) is 28.7. The average Bonchev–Trinajstić information content (AvgIpc) is 3.38. The zero-order valence-corrected chi connectivity index (χ0v) is 24.3. The van der Waals surface area contributed by atoms with E-state index in [0.29, 0.717) is 37.0 Å². The number of hydrogen-bond acceptors (Lipinski definition) is 5. The van der Waals surface area contributed by atoms with Crippen molar-refractivity contribution in [2.24, 2.45) is 0 Å². The maximum atomic E-state index is 12.8. The number of ether oxygens (including phenoxy) is 1. The minimum Gasteiger partial charge on any atom is -0.493 e. The fraction of sp³-hybridized carbons (Fsp3) is 0.346. The van der Waals surface area contributed by atoms with Crippen LogP contribution in [0.4, 0.5) is 0 Å². The summed E-state index contributed by atoms with van der Waals surface area (Å²) in [6, 6.07) is 16.7. The Labute approximate surface area is 230 Å². The lowest BCUT2D eigenvalue weighted by Gasteiger charge is -2.24. The van der Waals surface area contributed by atoms with Crippen LogP contribution in [0, 0.1) is 0 Å². The molecule has 1 amide bonds. The zero-order chi connectivity index (χ0) is 26.1. The minimum absolute atomic E-state index is 0.0617. The molecule has 0 radical (unpaired) electrons. The molecule has 0 saturated heterocycles. The van der Waals surface area contributed by atoms with Crippen LogP contribution in [-0.4, -0.2) is 37.7 Å². The van der Waals surface area contributed by atoms with Crippen molar-refractivity contribution in [2.45, 2.75) is 44.0 Å². The van der Waals surface area contributed by atoms with Gasteiger partial charge in [0.1, 0.15) is 9.96 Å². The summed E-state index contributed by atoms with van der Waals surface area (Å²) >= 11 is 10.8. The molecule has 2 aromatic carbocycles. The third-order valence-corrected chi connectivity index (χ3v) is 9.09. The molecule has 6 nitrogen and oxygen atoms in total. The van der Waals surface area contributed by atoms with Gasteiger partial charge in [0.05, 0.1) is 11.9 Å². The lowest BCUT2D eigenvalue weighted by molar-refractivity contribution is -0.129. The Bertz CT molecular complexity index is 1280. The molecule has 0 atom stereocenters. The summed E-state index contributed by atoms with van der Waals surface area (Å²) in [6.07, 6.45) is 1.60. The Kier molecular flexibility index (Phi) is 10.8. The molecule has 36 heavy (non-hydrogen) atoms. The highest BCUT2D eigenvalue weighted by Gasteiger charge is 2.19. The number of benzene rings is 2. The fourth-order valence-corrected chi connectivity index (χ4v) is 6.55. The number of nitrogens with zero attached hydrogens (tertiary/aromatic N) is 1. The van der Waals surface area contributed by atoms with Crippen LogP contribution < -0.4 is 9.46 Å². The van der Waals surface area contributed by atoms with Gasteiger partial charge in [-0.3, -0.25) is 4.79 Å². The summed E-state index contributed by atoms with van der Waals surface area (Å²) in [5, 5.41) is 0.772. The molecule has 10 heteroatoms. The normalized spacial score (nSPS) is 11.4. The van der Waals surface area contributed by atoms with E-state index >= 15 is 0 Å². The molecule has 3 aromatic rings. The van der Waals surface area contributed by atoms with Gasteiger partial charge < -0.3 is 9.64 Å². The molecule has 0 unspecified atom stereocenters. The van der Waals surface area contributed by atoms with Crippen molar-refractivity contribution in [1.82, 2.24) is 9.62 Å². The van der Waals surface area contributed by atoms with Crippen molar-refractivity contribution in [1.29, 1.82) is 0 Å². The van der Waals surface area contributed by atoms with E-state index in [1.54, 1.807) is 17.0 Å². The predicted octanol–water partition coefficient (Wildman–Crippen LogP) is 6.47. The largest absolute Gasteiger partial charge is 0.493 e. The molecule has 0 spiro atoms. The molecule has 3 rings (SSSR count). The summed E-state index contributed by atoms with van der Waals surface area (Å²) in [5.41, 5.74) is 2.67. The second-order valence-electron chi connectivity index (χ2n) is 8.20. The first-order valence-electron chi connectivity index (χ1n) is 11.7. The molecule has 194 valence electrons. The Morgan fingerprint density at radius 1 is 1.08 bits per heavy atom. The number of nitrogens with one attached hydrogen (secondary N) is 1. The molecule has 1 heterocycles. The van der Waals surface area contributed by atoms with Gasteiger partial charge in [0.25, 0.3) is 0 Å². The number of sulfonamides is 1. The Morgan fingerprint density at radius 3 is 2.61 bits per heavy atom. The second kappa shape index (κ2) is 13.6. The molecule has 0 aliphatic carbocycles. The smallest absolute Gasteiger partial charge is 0.250 e. The molecular formula is C26H30BrClN2O4S2. The topological polar surface area (TPSA) is 75.7 Å². The molecule has 1 N–H and O–H groups in total. The van der Waals surface area contributed by atoms with Crippen LogP contribution in [0.3, 0.4) is 0 Å². The average molecular weight is 614 g/mol. The SMILES string of the molecule is CCCNS(=O)(=O)c1ccc(-c2cccc(CN(Cc3cc(Cl)ccc3OCCC)C(=O)CBr)c2)s1. The van der Waals surface area contributed by atoms with Crippen molar-refractivity contribution >= 4 is 54.8 Å². The number of hydrogen-bond donors (Lipinski definition) is 1. The van der Waals surface area contributed by atoms with Gasteiger partial charge in [0, 0.05) is 35.1 Å². The number of carbonyl (C=O) groups is 1. The van der Waals surface area contributed by atoms with E-state index in [1.165, 1.54) is 11.3 Å². The number of amides is 1. The van der Waals surface area contributed by atoms with Gasteiger partial charge in [0.2, 0.25) is 15.9 Å². The molecule has 1 aromatic heterocycles. The Balaban J connectivity index is 1.83. The summed E-state index contributed by atoms with van der Waals surface area (Å²) < 4.78 is 33.7. The van der Waals surface area contributed by atoms with Crippen molar-refractivity contribution in [3.63, 3.8) is 0 Å². The van der Waals surface area contributed by atoms with Crippen molar-refractivity contribution in [3.05, 3.63) is 70.7 Å². The predicted molar refractivity (Wildman–Crippen MR) is 151 cm³/mol. The lowest BCUT2D eigenvalue weighted by Crippen LogP contribution is -2.31. The van der Waals surface area contributed by atoms with Gasteiger partial charge in [-0.25, -0.2) is 13.1 Å². The lowest BCUT2D eigenvalue weighted by atomic mass is 10.1. The number of halogens is 2. The van der Waals surface area contributed by atoms with Crippen molar-refractivity contribution in [3.8, 4) is 16.2 Å². The van der Waals surface area contributed by atoms with Crippen molar-refractivity contribution in [2.75, 3.05) is 18.5 Å². The number of alkyl halides is 1. The highest BCUT2D eigenvalue weighted by Crippen LogP contribution is 2.32. The van der Waals surface area contributed by atoms with E-state index in [4.69, 9.17) is 16.3 Å². The monoisotopic (exact) mass is 612 g/mol. The maximum absolute atomic E-state index is 12.8. The van der Waals surface area contributed by atoms with Gasteiger partial charge in [-0.15, -0.1) is 11.3 Å². The third-order valence-electron chi connectivity index (χ3n) is 5.29. The second-order valence-corrected chi connectivity index (χ2v) is 12.3. The fourth-order valence-electron chi connectivity index (χ4n) is 3.52. The van der Waals surface area contributed by atoms with Crippen LogP contribution >= 0.6 is 38.9 Å². The van der Waals surface area contributed by atoms with E-state index in [2.05, 4.69) is 20.7 Å². The summed E-state index contributed by atoms with van der Waals surface area (Å²) in [5.74, 6) is 0.653. The highest BCUT2D eigenvalue weighted by molar-refractivity contribution is 9.09. The quantitative estimate of drug-likeness (QED) is 0.224. The van der Waals surface area contributed by atoms with E-state index in [-0.39, 0.29) is 15.4 Å². The molecule has 0 saturated carbocycles. The Hall–Kier alpha value is -1.91. The van der Waals surface area contributed by atoms with E-state index in [1.807, 2.05) is 56.3 Å². The first-order valence-corrected chi connectivity index (χ1v) is 15.5. The van der Waals surface area contributed by atoms with Crippen LogP contribution in [0.1, 0.15) is 37.8 Å². The van der Waals surface area contributed by atoms with Gasteiger partial charge in [0.15, 0.2) is 0 Å². The first-order chi connectivity index (χ1) is 17.3. The van der Waals surface area contributed by atoms with E-state index in [9.17, 15) is 13.2 Å². The van der Waals surface area contributed by atoms with E-state index in [0.717, 1.165) is 34.4 Å². The minimum atomic E-state index is -3.51. The molecule has 0 aliphatic rings. The summed E-state index contributed by atoms with van der Waals surface area (Å²) in [4.78, 5) is 15.4. The summed E-state index contributed by atoms with van der Waals surface area (Å²) in [7, 11) is -3.51. The van der Waals surface area contributed by atoms with Gasteiger partial charge in [-0.2, -0.15) is 0 Å². The number of rotatable bonds is 13.